The highest BCUT2D eigenvalue weighted by atomic mass is 16.5. The first-order valence-corrected chi connectivity index (χ1v) is 6.08. The third-order valence-electron chi connectivity index (χ3n) is 2.53. The van der Waals surface area contributed by atoms with E-state index in [9.17, 15) is 0 Å². The van der Waals surface area contributed by atoms with Crippen LogP contribution in [0.2, 0.25) is 0 Å². The van der Waals surface area contributed by atoms with Crippen LogP contribution in [0.25, 0.3) is 0 Å². The first-order chi connectivity index (χ1) is 7.74. The molecule has 2 N–H and O–H groups in total. The molecule has 0 amide bonds. The molecule has 3 heteroatoms. The molecule has 0 aliphatic carbocycles. The largest absolute Gasteiger partial charge is 0.478 e. The van der Waals surface area contributed by atoms with E-state index in [0.717, 1.165) is 18.6 Å². The Hall–Kier alpha value is -1.09. The first kappa shape index (κ1) is 13.0. The molecule has 0 bridgehead atoms. The molecule has 0 aromatic carbocycles. The number of hydrogen-bond acceptors (Lipinski definition) is 3. The van der Waals surface area contributed by atoms with Gasteiger partial charge in [0, 0.05) is 18.3 Å². The van der Waals surface area contributed by atoms with Crippen molar-refractivity contribution in [2.45, 2.75) is 45.6 Å². The van der Waals surface area contributed by atoms with Gasteiger partial charge in [0.05, 0.1) is 6.61 Å². The zero-order valence-electron chi connectivity index (χ0n) is 10.3. The van der Waals surface area contributed by atoms with E-state index in [1.807, 2.05) is 19.1 Å². The zero-order chi connectivity index (χ0) is 11.8. The first-order valence-electron chi connectivity index (χ1n) is 6.08. The number of pyridine rings is 1. The molecule has 1 heterocycles. The number of aromatic nitrogens is 1. The van der Waals surface area contributed by atoms with Crippen LogP contribution in [0.1, 0.15) is 51.1 Å². The molecule has 0 fully saturated rings. The summed E-state index contributed by atoms with van der Waals surface area (Å²) in [5, 5.41) is 0. The minimum Gasteiger partial charge on any atom is -0.478 e. The standard InChI is InChI=1S/C13H22N2O/c1-3-4-5-6-9-16-13-8-7-12(10-15-13)11(2)14/h7-8,10-11H,3-6,9,14H2,1-2H3/t11-/m0/s1. The number of nitrogens with zero attached hydrogens (tertiary/aromatic N) is 1. The Morgan fingerprint density at radius 3 is 2.69 bits per heavy atom. The van der Waals surface area contributed by atoms with Crippen LogP contribution < -0.4 is 10.5 Å². The minimum atomic E-state index is 0.0334. The average Bonchev–Trinajstić information content (AvgIpc) is 2.29. The predicted octanol–water partition coefficient (Wildman–Crippen LogP) is 3.06. The summed E-state index contributed by atoms with van der Waals surface area (Å²) in [5.41, 5.74) is 6.78. The predicted molar refractivity (Wildman–Crippen MR) is 66.5 cm³/mol. The molecule has 0 radical (unpaired) electrons. The number of unbranched alkanes of at least 4 members (excludes halogenated alkanes) is 3. The Balaban J connectivity index is 2.27. The van der Waals surface area contributed by atoms with E-state index in [2.05, 4.69) is 11.9 Å². The second kappa shape index (κ2) is 7.23. The van der Waals surface area contributed by atoms with Crippen molar-refractivity contribution in [1.82, 2.24) is 4.98 Å². The van der Waals surface area contributed by atoms with Gasteiger partial charge < -0.3 is 10.5 Å². The van der Waals surface area contributed by atoms with Gasteiger partial charge in [0.1, 0.15) is 0 Å². The van der Waals surface area contributed by atoms with Crippen molar-refractivity contribution in [3.05, 3.63) is 23.9 Å². The maximum Gasteiger partial charge on any atom is 0.213 e. The Morgan fingerprint density at radius 1 is 1.31 bits per heavy atom. The van der Waals surface area contributed by atoms with Gasteiger partial charge in [-0.15, -0.1) is 0 Å². The fraction of sp³-hybridized carbons (Fsp3) is 0.615. The summed E-state index contributed by atoms with van der Waals surface area (Å²) < 4.78 is 5.54. The summed E-state index contributed by atoms with van der Waals surface area (Å²) in [6.45, 7) is 4.90. The van der Waals surface area contributed by atoms with Crippen LogP contribution in [-0.4, -0.2) is 11.6 Å². The molecule has 1 rings (SSSR count). The Labute approximate surface area is 98.0 Å². The van der Waals surface area contributed by atoms with Gasteiger partial charge >= 0.3 is 0 Å². The van der Waals surface area contributed by atoms with Gasteiger partial charge in [-0.3, -0.25) is 0 Å². The van der Waals surface area contributed by atoms with Crippen molar-refractivity contribution in [3.8, 4) is 5.88 Å². The second-order valence-corrected chi connectivity index (χ2v) is 4.13. The van der Waals surface area contributed by atoms with Crippen molar-refractivity contribution < 1.29 is 4.74 Å². The van der Waals surface area contributed by atoms with Gasteiger partial charge in [-0.2, -0.15) is 0 Å². The van der Waals surface area contributed by atoms with Crippen molar-refractivity contribution in [2.24, 2.45) is 5.73 Å². The fourth-order valence-electron chi connectivity index (χ4n) is 1.45. The van der Waals surface area contributed by atoms with Crippen LogP contribution >= 0.6 is 0 Å². The molecule has 0 saturated carbocycles. The summed E-state index contributed by atoms with van der Waals surface area (Å²) in [4.78, 5) is 4.22. The van der Waals surface area contributed by atoms with Gasteiger partial charge in [0.15, 0.2) is 0 Å². The topological polar surface area (TPSA) is 48.1 Å². The van der Waals surface area contributed by atoms with E-state index in [-0.39, 0.29) is 6.04 Å². The SMILES string of the molecule is CCCCCCOc1ccc([C@H](C)N)cn1. The number of rotatable bonds is 7. The van der Waals surface area contributed by atoms with Crippen molar-refractivity contribution in [3.63, 3.8) is 0 Å². The lowest BCUT2D eigenvalue weighted by atomic mass is 10.2. The van der Waals surface area contributed by atoms with Crippen LogP contribution in [-0.2, 0) is 0 Å². The maximum atomic E-state index is 5.74. The Kier molecular flexibility index (Phi) is 5.86. The summed E-state index contributed by atoms with van der Waals surface area (Å²) >= 11 is 0. The van der Waals surface area contributed by atoms with Gasteiger partial charge in [-0.25, -0.2) is 4.98 Å². The third kappa shape index (κ3) is 4.62. The van der Waals surface area contributed by atoms with Gasteiger partial charge in [-0.05, 0) is 18.9 Å². The molecule has 90 valence electrons. The molecule has 1 aromatic rings. The molecule has 0 aliphatic rings. The van der Waals surface area contributed by atoms with Gasteiger partial charge in [-0.1, -0.05) is 32.3 Å². The second-order valence-electron chi connectivity index (χ2n) is 4.13. The fourth-order valence-corrected chi connectivity index (χ4v) is 1.45. The van der Waals surface area contributed by atoms with Crippen molar-refractivity contribution >= 4 is 0 Å². The van der Waals surface area contributed by atoms with Crippen LogP contribution in [0.15, 0.2) is 18.3 Å². The van der Waals surface area contributed by atoms with E-state index in [0.29, 0.717) is 5.88 Å². The van der Waals surface area contributed by atoms with Crippen LogP contribution in [0.5, 0.6) is 5.88 Å². The third-order valence-corrected chi connectivity index (χ3v) is 2.53. The summed E-state index contributed by atoms with van der Waals surface area (Å²) in [6, 6.07) is 3.89. The molecule has 0 aliphatic heterocycles. The molecular formula is C13H22N2O. The smallest absolute Gasteiger partial charge is 0.213 e. The molecule has 0 spiro atoms. The number of nitrogens with two attached hydrogens (primary N) is 1. The van der Waals surface area contributed by atoms with Crippen LogP contribution in [0, 0.1) is 0 Å². The minimum absolute atomic E-state index is 0.0334. The summed E-state index contributed by atoms with van der Waals surface area (Å²) in [7, 11) is 0. The lowest BCUT2D eigenvalue weighted by Crippen LogP contribution is -2.06. The average molecular weight is 222 g/mol. The normalized spacial score (nSPS) is 12.4. The van der Waals surface area contributed by atoms with Gasteiger partial charge in [0.25, 0.3) is 0 Å². The summed E-state index contributed by atoms with van der Waals surface area (Å²) in [6.07, 6.45) is 6.65. The van der Waals surface area contributed by atoms with Crippen LogP contribution in [0.4, 0.5) is 0 Å². The van der Waals surface area contributed by atoms with E-state index >= 15 is 0 Å². The highest BCUT2D eigenvalue weighted by Crippen LogP contribution is 2.12. The van der Waals surface area contributed by atoms with Crippen molar-refractivity contribution in [2.75, 3.05) is 6.61 Å². The molecule has 1 atom stereocenters. The van der Waals surface area contributed by atoms with E-state index in [1.54, 1.807) is 6.20 Å². The number of hydrogen-bond donors (Lipinski definition) is 1. The Bertz CT molecular complexity index is 282. The monoisotopic (exact) mass is 222 g/mol. The van der Waals surface area contributed by atoms with Crippen molar-refractivity contribution in [1.29, 1.82) is 0 Å². The molecule has 3 nitrogen and oxygen atoms in total. The molecule has 1 aromatic heterocycles. The highest BCUT2D eigenvalue weighted by Gasteiger charge is 2.00. The molecular weight excluding hydrogens is 200 g/mol. The van der Waals surface area contributed by atoms with E-state index < -0.39 is 0 Å². The quantitative estimate of drug-likeness (QED) is 0.721. The number of ether oxygens (including phenoxy) is 1. The van der Waals surface area contributed by atoms with Gasteiger partial charge in [0.2, 0.25) is 5.88 Å². The lowest BCUT2D eigenvalue weighted by Gasteiger charge is -2.07. The zero-order valence-corrected chi connectivity index (χ0v) is 10.3. The molecule has 0 unspecified atom stereocenters. The maximum absolute atomic E-state index is 5.74. The lowest BCUT2D eigenvalue weighted by molar-refractivity contribution is 0.293. The molecule has 16 heavy (non-hydrogen) atoms. The highest BCUT2D eigenvalue weighted by molar-refractivity contribution is 5.19. The Morgan fingerprint density at radius 2 is 2.12 bits per heavy atom. The van der Waals surface area contributed by atoms with Crippen LogP contribution in [0.3, 0.4) is 0 Å². The summed E-state index contributed by atoms with van der Waals surface area (Å²) in [5.74, 6) is 0.695. The molecule has 0 saturated heterocycles. The van der Waals surface area contributed by atoms with E-state index in [1.165, 1.54) is 19.3 Å². The van der Waals surface area contributed by atoms with E-state index in [4.69, 9.17) is 10.5 Å².